The minimum absolute atomic E-state index is 0.139. The van der Waals surface area contributed by atoms with Gasteiger partial charge in [0.15, 0.2) is 0 Å². The molecule has 0 saturated carbocycles. The Hall–Kier alpha value is -2.21. The van der Waals surface area contributed by atoms with Crippen LogP contribution in [0.5, 0.6) is 0 Å². The molecule has 1 aromatic carbocycles. The van der Waals surface area contributed by atoms with Crippen molar-refractivity contribution >= 4 is 28.8 Å². The number of aldehydes is 1. The third kappa shape index (κ3) is 5.35. The van der Waals surface area contributed by atoms with Gasteiger partial charge in [0.05, 0.1) is 0 Å². The van der Waals surface area contributed by atoms with Crippen LogP contribution in [-0.2, 0) is 29.0 Å². The molecule has 0 N–H and O–H groups in total. The van der Waals surface area contributed by atoms with Crippen molar-refractivity contribution in [3.8, 4) is 0 Å². The number of benzene rings is 1. The summed E-state index contributed by atoms with van der Waals surface area (Å²) in [5.41, 5.74) is 6.31. The number of likely N-dealkylation sites (N-methyl/N-ethyl adjacent to an activating group) is 1. The van der Waals surface area contributed by atoms with E-state index >= 15 is 0 Å². The molecular weight excluding hydrogens is 410 g/mol. The molecule has 0 bridgehead atoms. The molecule has 3 heterocycles. The highest BCUT2D eigenvalue weighted by Crippen LogP contribution is 2.35. The molecular formula is C25H32ClN3O2. The van der Waals surface area contributed by atoms with Crippen LogP contribution in [-0.4, -0.2) is 48.0 Å². The van der Waals surface area contributed by atoms with Crippen LogP contribution in [0.4, 0.5) is 0 Å². The van der Waals surface area contributed by atoms with Crippen LogP contribution in [0.25, 0.3) is 10.9 Å². The maximum atomic E-state index is 11.4. The van der Waals surface area contributed by atoms with Crippen LogP contribution < -0.4 is 0 Å². The van der Waals surface area contributed by atoms with Crippen LogP contribution in [0, 0.1) is 6.92 Å². The lowest BCUT2D eigenvalue weighted by Crippen LogP contribution is -2.27. The number of fused-ring (bicyclic) bond motifs is 3. The fraction of sp³-hybridized carbons (Fsp3) is 0.440. The molecule has 2 aromatic heterocycles. The van der Waals surface area contributed by atoms with Crippen LogP contribution in [0.1, 0.15) is 41.6 Å². The molecule has 1 unspecified atom stereocenters. The van der Waals surface area contributed by atoms with E-state index in [0.29, 0.717) is 6.42 Å². The van der Waals surface area contributed by atoms with E-state index in [1.807, 2.05) is 31.5 Å². The van der Waals surface area contributed by atoms with Crippen molar-refractivity contribution in [2.45, 2.75) is 45.7 Å². The number of rotatable bonds is 6. The molecule has 0 aliphatic carbocycles. The Bertz CT molecular complexity index is 1030. The quantitative estimate of drug-likeness (QED) is 0.504. The number of hydrogen-bond acceptors (Lipinski definition) is 4. The minimum Gasteiger partial charge on any atom is -0.385 e. The first-order chi connectivity index (χ1) is 15.0. The zero-order valence-electron chi connectivity index (χ0n) is 18.9. The van der Waals surface area contributed by atoms with Crippen molar-refractivity contribution < 1.29 is 9.53 Å². The number of aryl methyl sites for hydroxylation is 1. The van der Waals surface area contributed by atoms with E-state index in [-0.39, 0.29) is 5.92 Å². The van der Waals surface area contributed by atoms with Crippen LogP contribution in [0.2, 0.25) is 5.02 Å². The molecule has 4 rings (SSSR count). The maximum absolute atomic E-state index is 11.4. The third-order valence-corrected chi connectivity index (χ3v) is 6.22. The summed E-state index contributed by atoms with van der Waals surface area (Å²) in [4.78, 5) is 18.0. The van der Waals surface area contributed by atoms with Crippen molar-refractivity contribution in [2.75, 3.05) is 27.3 Å². The normalized spacial score (nSPS) is 14.6. The van der Waals surface area contributed by atoms with Crippen LogP contribution >= 0.6 is 11.6 Å². The number of nitrogens with zero attached hydrogens (tertiary/aromatic N) is 3. The van der Waals surface area contributed by atoms with Gasteiger partial charge in [-0.25, -0.2) is 0 Å². The van der Waals surface area contributed by atoms with E-state index in [2.05, 4.69) is 45.3 Å². The minimum atomic E-state index is 0.139. The molecule has 0 fully saturated rings. The summed E-state index contributed by atoms with van der Waals surface area (Å²) in [7, 11) is 3.84. The average molecular weight is 442 g/mol. The molecule has 0 radical (unpaired) electrons. The molecule has 0 amide bonds. The van der Waals surface area contributed by atoms with E-state index in [1.165, 1.54) is 27.7 Å². The summed E-state index contributed by atoms with van der Waals surface area (Å²) < 4.78 is 6.96. The van der Waals surface area contributed by atoms with Gasteiger partial charge in [0, 0.05) is 86.1 Å². The monoisotopic (exact) mass is 441 g/mol. The standard InChI is InChI=1S/C22H24ClN3O.C3H8O/c1-15-12-24-8-5-18(15)16(7-10-27)13-26-21-4-3-17(23)11-19(21)20-14-25(2)9-6-22(20)26;1-3-4-2/h3-5,8,10-12,16H,6-7,9,13-14H2,1-2H3;3H2,1-2H3. The highest BCUT2D eigenvalue weighted by molar-refractivity contribution is 6.31. The largest absolute Gasteiger partial charge is 0.385 e. The van der Waals surface area contributed by atoms with Gasteiger partial charge in [-0.3, -0.25) is 4.98 Å². The highest BCUT2D eigenvalue weighted by atomic mass is 35.5. The summed E-state index contributed by atoms with van der Waals surface area (Å²) in [5.74, 6) is 0.139. The van der Waals surface area contributed by atoms with E-state index in [0.717, 1.165) is 49.5 Å². The Labute approximate surface area is 190 Å². The Kier molecular flexibility index (Phi) is 8.24. The first-order valence-electron chi connectivity index (χ1n) is 10.8. The Morgan fingerprint density at radius 3 is 2.77 bits per heavy atom. The highest BCUT2D eigenvalue weighted by Gasteiger charge is 2.25. The Morgan fingerprint density at radius 2 is 2.10 bits per heavy atom. The lowest BCUT2D eigenvalue weighted by atomic mass is 9.93. The van der Waals surface area contributed by atoms with Crippen LogP contribution in [0.15, 0.2) is 36.7 Å². The zero-order valence-corrected chi connectivity index (χ0v) is 19.7. The second-order valence-electron chi connectivity index (χ2n) is 8.09. The van der Waals surface area contributed by atoms with Gasteiger partial charge in [0.2, 0.25) is 0 Å². The van der Waals surface area contributed by atoms with Gasteiger partial charge in [-0.05, 0) is 61.9 Å². The Balaban J connectivity index is 0.000000628. The fourth-order valence-electron chi connectivity index (χ4n) is 4.34. The molecule has 0 saturated heterocycles. The molecule has 1 aliphatic heterocycles. The van der Waals surface area contributed by atoms with E-state index < -0.39 is 0 Å². The number of pyridine rings is 1. The second-order valence-corrected chi connectivity index (χ2v) is 8.53. The third-order valence-electron chi connectivity index (χ3n) is 5.98. The van der Waals surface area contributed by atoms with Gasteiger partial charge in [-0.15, -0.1) is 0 Å². The molecule has 5 nitrogen and oxygen atoms in total. The van der Waals surface area contributed by atoms with Crippen molar-refractivity contribution in [2.24, 2.45) is 0 Å². The van der Waals surface area contributed by atoms with Gasteiger partial charge in [-0.2, -0.15) is 0 Å². The smallest absolute Gasteiger partial charge is 0.120 e. The summed E-state index contributed by atoms with van der Waals surface area (Å²) in [6, 6.07) is 8.21. The van der Waals surface area contributed by atoms with Gasteiger partial charge in [0.25, 0.3) is 0 Å². The topological polar surface area (TPSA) is 47.4 Å². The number of halogens is 1. The predicted octanol–water partition coefficient (Wildman–Crippen LogP) is 5.01. The van der Waals surface area contributed by atoms with Crippen molar-refractivity contribution in [1.29, 1.82) is 0 Å². The van der Waals surface area contributed by atoms with Gasteiger partial charge >= 0.3 is 0 Å². The van der Waals surface area contributed by atoms with E-state index in [1.54, 1.807) is 7.11 Å². The number of carbonyl (C=O) groups excluding carboxylic acids is 1. The summed E-state index contributed by atoms with van der Waals surface area (Å²) in [6.45, 7) is 7.62. The van der Waals surface area contributed by atoms with Gasteiger partial charge in [-0.1, -0.05) is 11.6 Å². The number of ether oxygens (including phenoxy) is 1. The van der Waals surface area contributed by atoms with Crippen molar-refractivity contribution in [3.63, 3.8) is 0 Å². The maximum Gasteiger partial charge on any atom is 0.120 e. The SMILES string of the molecule is CCOC.Cc1cnccc1C(CC=O)Cn1c2c(c3cc(Cl)ccc31)CN(C)CC2. The zero-order chi connectivity index (χ0) is 22.4. The van der Waals surface area contributed by atoms with Gasteiger partial charge < -0.3 is 19.0 Å². The summed E-state index contributed by atoms with van der Waals surface area (Å²) >= 11 is 6.30. The molecule has 31 heavy (non-hydrogen) atoms. The van der Waals surface area contributed by atoms with Crippen LogP contribution in [0.3, 0.4) is 0 Å². The van der Waals surface area contributed by atoms with E-state index in [9.17, 15) is 4.79 Å². The summed E-state index contributed by atoms with van der Waals surface area (Å²) in [5, 5.41) is 2.01. The lowest BCUT2D eigenvalue weighted by Gasteiger charge is -2.26. The first-order valence-corrected chi connectivity index (χ1v) is 11.2. The Morgan fingerprint density at radius 1 is 1.32 bits per heavy atom. The number of carbonyl (C=O) groups is 1. The summed E-state index contributed by atoms with van der Waals surface area (Å²) in [6.07, 6.45) is 6.25. The molecule has 3 aromatic rings. The molecule has 166 valence electrons. The van der Waals surface area contributed by atoms with Crippen molar-refractivity contribution in [1.82, 2.24) is 14.5 Å². The van der Waals surface area contributed by atoms with Crippen molar-refractivity contribution in [3.05, 3.63) is 64.1 Å². The first kappa shape index (κ1) is 23.5. The molecule has 6 heteroatoms. The average Bonchev–Trinajstić information content (AvgIpc) is 3.06. The van der Waals surface area contributed by atoms with E-state index in [4.69, 9.17) is 11.6 Å². The molecule has 0 spiro atoms. The molecule has 1 atom stereocenters. The number of aromatic nitrogens is 2. The second kappa shape index (κ2) is 10.9. The fourth-order valence-corrected chi connectivity index (χ4v) is 4.52. The van der Waals surface area contributed by atoms with Gasteiger partial charge in [0.1, 0.15) is 6.29 Å². The predicted molar refractivity (Wildman–Crippen MR) is 127 cm³/mol. The molecule has 1 aliphatic rings. The number of methoxy groups -OCH3 is 1. The lowest BCUT2D eigenvalue weighted by molar-refractivity contribution is -0.108. The number of hydrogen-bond donors (Lipinski definition) is 0.